The van der Waals surface area contributed by atoms with Gasteiger partial charge in [-0.3, -0.25) is 4.79 Å². The number of fused-ring (bicyclic) bond motifs is 1. The van der Waals surface area contributed by atoms with Gasteiger partial charge in [0.15, 0.2) is 0 Å². The number of imidazole rings is 1. The van der Waals surface area contributed by atoms with Crippen LogP contribution in [0.5, 0.6) is 11.5 Å². The number of benzene rings is 3. The number of hydrogen-bond acceptors (Lipinski definition) is 4. The number of aromatic nitrogens is 2. The van der Waals surface area contributed by atoms with Crippen molar-refractivity contribution < 1.29 is 14.3 Å². The molecule has 0 aliphatic carbocycles. The number of unbranched alkanes of at least 4 members (excludes halogenated alkanes) is 1. The van der Waals surface area contributed by atoms with Crippen molar-refractivity contribution in [3.8, 4) is 11.5 Å². The van der Waals surface area contributed by atoms with Gasteiger partial charge >= 0.3 is 0 Å². The summed E-state index contributed by atoms with van der Waals surface area (Å²) in [7, 11) is 1.59. The summed E-state index contributed by atoms with van der Waals surface area (Å²) in [6, 6.07) is 23.3. The number of ether oxygens (including phenoxy) is 2. The highest BCUT2D eigenvalue weighted by molar-refractivity contribution is 5.94. The Labute approximate surface area is 206 Å². The Morgan fingerprint density at radius 2 is 1.80 bits per heavy atom. The molecule has 0 fully saturated rings. The molecular weight excluding hydrogens is 438 g/mol. The fourth-order valence-electron chi connectivity index (χ4n) is 4.15. The van der Waals surface area contributed by atoms with Gasteiger partial charge in [-0.2, -0.15) is 0 Å². The van der Waals surface area contributed by atoms with E-state index in [-0.39, 0.29) is 11.9 Å². The molecule has 0 spiro atoms. The predicted molar refractivity (Wildman–Crippen MR) is 139 cm³/mol. The number of nitrogens with zero attached hydrogens (tertiary/aromatic N) is 2. The fraction of sp³-hybridized carbons (Fsp3) is 0.310. The second kappa shape index (κ2) is 11.6. The molecule has 0 saturated carbocycles. The topological polar surface area (TPSA) is 65.4 Å². The molecule has 6 nitrogen and oxygen atoms in total. The monoisotopic (exact) mass is 471 g/mol. The van der Waals surface area contributed by atoms with E-state index in [2.05, 4.69) is 35.0 Å². The van der Waals surface area contributed by atoms with Gasteiger partial charge in [-0.1, -0.05) is 37.3 Å². The van der Waals surface area contributed by atoms with Gasteiger partial charge in [0, 0.05) is 12.1 Å². The lowest BCUT2D eigenvalue weighted by Gasteiger charge is -2.17. The third-order valence-electron chi connectivity index (χ3n) is 6.13. The Balaban J connectivity index is 1.40. The largest absolute Gasteiger partial charge is 0.497 e. The van der Waals surface area contributed by atoms with Gasteiger partial charge in [0.05, 0.1) is 30.8 Å². The number of rotatable bonds is 11. The quantitative estimate of drug-likeness (QED) is 0.274. The number of carbonyl (C=O) groups is 1. The van der Waals surface area contributed by atoms with Crippen LogP contribution < -0.4 is 14.8 Å². The molecule has 1 aromatic heterocycles. The van der Waals surface area contributed by atoms with Gasteiger partial charge in [-0.15, -0.1) is 0 Å². The Bertz CT molecular complexity index is 1260. The minimum absolute atomic E-state index is 0.155. The lowest BCUT2D eigenvalue weighted by atomic mass is 10.2. The summed E-state index contributed by atoms with van der Waals surface area (Å²) in [4.78, 5) is 17.7. The van der Waals surface area contributed by atoms with Crippen LogP contribution in [0.2, 0.25) is 0 Å². The molecule has 0 saturated heterocycles. The summed E-state index contributed by atoms with van der Waals surface area (Å²) in [5.74, 6) is 2.25. The van der Waals surface area contributed by atoms with Crippen molar-refractivity contribution >= 4 is 16.9 Å². The molecule has 182 valence electrons. The summed E-state index contributed by atoms with van der Waals surface area (Å²) in [6.45, 7) is 5.58. The molecule has 1 atom stereocenters. The van der Waals surface area contributed by atoms with E-state index >= 15 is 0 Å². The molecule has 4 aromatic rings. The third kappa shape index (κ3) is 6.01. The number of hydrogen-bond donors (Lipinski definition) is 1. The molecule has 0 aliphatic rings. The normalized spacial score (nSPS) is 11.9. The van der Waals surface area contributed by atoms with Gasteiger partial charge in [-0.25, -0.2) is 4.98 Å². The average molecular weight is 472 g/mol. The Morgan fingerprint density at radius 1 is 1.00 bits per heavy atom. The van der Waals surface area contributed by atoms with Gasteiger partial charge < -0.3 is 19.4 Å². The van der Waals surface area contributed by atoms with E-state index in [0.717, 1.165) is 48.4 Å². The first-order chi connectivity index (χ1) is 17.1. The van der Waals surface area contributed by atoms with Crippen LogP contribution in [0.15, 0.2) is 72.8 Å². The highest BCUT2D eigenvalue weighted by Crippen LogP contribution is 2.23. The van der Waals surface area contributed by atoms with Crippen LogP contribution in [0.4, 0.5) is 0 Å². The van der Waals surface area contributed by atoms with Gasteiger partial charge in [0.2, 0.25) is 0 Å². The van der Waals surface area contributed by atoms with E-state index in [1.54, 1.807) is 19.2 Å². The third-order valence-corrected chi connectivity index (χ3v) is 6.13. The first kappa shape index (κ1) is 24.3. The Hall–Kier alpha value is -3.80. The Kier molecular flexibility index (Phi) is 8.03. The molecule has 0 radical (unpaired) electrons. The molecule has 0 aliphatic heterocycles. The van der Waals surface area contributed by atoms with E-state index in [4.69, 9.17) is 14.5 Å². The van der Waals surface area contributed by atoms with Crippen molar-refractivity contribution in [3.63, 3.8) is 0 Å². The van der Waals surface area contributed by atoms with Crippen molar-refractivity contribution in [1.29, 1.82) is 0 Å². The number of methoxy groups -OCH3 is 1. The maximum Gasteiger partial charge on any atom is 0.251 e. The van der Waals surface area contributed by atoms with Gasteiger partial charge in [0.25, 0.3) is 5.91 Å². The molecule has 0 bridgehead atoms. The number of para-hydroxylation sites is 2. The van der Waals surface area contributed by atoms with Crippen LogP contribution in [-0.4, -0.2) is 29.2 Å². The smallest absolute Gasteiger partial charge is 0.251 e. The van der Waals surface area contributed by atoms with E-state index in [1.165, 1.54) is 5.56 Å². The number of aryl methyl sites for hydroxylation is 2. The summed E-state index contributed by atoms with van der Waals surface area (Å²) >= 11 is 0. The maximum absolute atomic E-state index is 12.9. The zero-order valence-corrected chi connectivity index (χ0v) is 20.7. The lowest BCUT2D eigenvalue weighted by Crippen LogP contribution is -2.28. The van der Waals surface area contributed by atoms with E-state index in [1.807, 2.05) is 49.4 Å². The zero-order valence-electron chi connectivity index (χ0n) is 20.7. The second-order valence-corrected chi connectivity index (χ2v) is 8.59. The minimum atomic E-state index is -0.255. The summed E-state index contributed by atoms with van der Waals surface area (Å²) in [6.07, 6.45) is 2.89. The molecule has 1 N–H and O–H groups in total. The van der Waals surface area contributed by atoms with Gasteiger partial charge in [0.1, 0.15) is 17.3 Å². The van der Waals surface area contributed by atoms with Crippen molar-refractivity contribution in [2.75, 3.05) is 13.7 Å². The molecule has 4 rings (SSSR count). The molecule has 6 heteroatoms. The van der Waals surface area contributed by atoms with Crippen LogP contribution in [0, 0.1) is 0 Å². The molecule has 3 aromatic carbocycles. The lowest BCUT2D eigenvalue weighted by molar-refractivity contribution is 0.0937. The first-order valence-corrected chi connectivity index (χ1v) is 12.2. The highest BCUT2D eigenvalue weighted by atomic mass is 16.5. The standard InChI is InChI=1S/C29H33N3O3/c1-4-22-14-16-24(17-15-22)35-19-8-7-18-32-27-13-6-5-12-26(27)31-28(32)21(2)30-29(33)23-10-9-11-25(20-23)34-3/h5-6,9-17,20-21H,4,7-8,18-19H2,1-3H3,(H,30,33). The van der Waals surface area contributed by atoms with E-state index in [0.29, 0.717) is 17.9 Å². The predicted octanol–water partition coefficient (Wildman–Crippen LogP) is 5.96. The minimum Gasteiger partial charge on any atom is -0.497 e. The van der Waals surface area contributed by atoms with E-state index < -0.39 is 0 Å². The average Bonchev–Trinajstić information content (AvgIpc) is 3.27. The SMILES string of the molecule is CCc1ccc(OCCCCn2c(C(C)NC(=O)c3cccc(OC)c3)nc3ccccc32)cc1. The summed E-state index contributed by atoms with van der Waals surface area (Å²) in [5.41, 5.74) is 3.87. The summed E-state index contributed by atoms with van der Waals surface area (Å²) in [5, 5.41) is 3.10. The fourth-order valence-corrected chi connectivity index (χ4v) is 4.15. The molecule has 1 unspecified atom stereocenters. The summed E-state index contributed by atoms with van der Waals surface area (Å²) < 4.78 is 13.4. The molecule has 1 heterocycles. The van der Waals surface area contributed by atoms with Crippen molar-refractivity contribution in [2.45, 2.75) is 45.7 Å². The van der Waals surface area contributed by atoms with Crippen LogP contribution in [-0.2, 0) is 13.0 Å². The number of amides is 1. The zero-order chi connectivity index (χ0) is 24.6. The van der Waals surface area contributed by atoms with Gasteiger partial charge in [-0.05, 0) is 74.2 Å². The van der Waals surface area contributed by atoms with Crippen LogP contribution >= 0.6 is 0 Å². The maximum atomic E-state index is 12.9. The van der Waals surface area contributed by atoms with Crippen LogP contribution in [0.3, 0.4) is 0 Å². The molecule has 1 amide bonds. The molecule has 35 heavy (non-hydrogen) atoms. The Morgan fingerprint density at radius 3 is 2.57 bits per heavy atom. The second-order valence-electron chi connectivity index (χ2n) is 8.59. The highest BCUT2D eigenvalue weighted by Gasteiger charge is 2.19. The molecular formula is C29H33N3O3. The van der Waals surface area contributed by atoms with Crippen LogP contribution in [0.25, 0.3) is 11.0 Å². The number of nitrogens with one attached hydrogen (secondary N) is 1. The van der Waals surface area contributed by atoms with Crippen molar-refractivity contribution in [1.82, 2.24) is 14.9 Å². The van der Waals surface area contributed by atoms with Crippen LogP contribution in [0.1, 0.15) is 54.5 Å². The number of carbonyl (C=O) groups excluding carboxylic acids is 1. The van der Waals surface area contributed by atoms with Crippen molar-refractivity contribution in [2.24, 2.45) is 0 Å². The van der Waals surface area contributed by atoms with Crippen molar-refractivity contribution in [3.05, 3.63) is 89.7 Å². The van der Waals surface area contributed by atoms with E-state index in [9.17, 15) is 4.79 Å². The first-order valence-electron chi connectivity index (χ1n) is 12.2.